The van der Waals surface area contributed by atoms with Crippen molar-refractivity contribution >= 4 is 17.9 Å². The van der Waals surface area contributed by atoms with Crippen molar-refractivity contribution in [1.82, 2.24) is 14.5 Å². The lowest BCUT2D eigenvalue weighted by Gasteiger charge is -2.23. The molecule has 2 aromatic heterocycles. The minimum absolute atomic E-state index is 0.00962. The third kappa shape index (κ3) is 3.94. The molecule has 0 spiro atoms. The van der Waals surface area contributed by atoms with Crippen molar-refractivity contribution in [2.24, 2.45) is 5.92 Å². The van der Waals surface area contributed by atoms with Gasteiger partial charge in [0.2, 0.25) is 5.95 Å². The topological polar surface area (TPSA) is 72.3 Å². The standard InChI is InChI=1S/C22H25N5O2/c1-15(2)19-14-29-22(28)27(19)20-10-11-23-21(25-20)24-16(3)17-6-8-18(9-7-17)26-12-4-5-13-26/h4-13,15-16,19H,14H2,1-3H3,(H,23,24,25)/t16-,19?/m0/s1. The fraction of sp³-hybridized carbons (Fsp3) is 0.318. The fourth-order valence-corrected chi connectivity index (χ4v) is 3.46. The Morgan fingerprint density at radius 1 is 1.10 bits per heavy atom. The van der Waals surface area contributed by atoms with Gasteiger partial charge in [-0.25, -0.2) is 9.78 Å². The lowest BCUT2D eigenvalue weighted by atomic mass is 10.0. The van der Waals surface area contributed by atoms with Gasteiger partial charge in [-0.3, -0.25) is 4.90 Å². The Morgan fingerprint density at radius 2 is 1.83 bits per heavy atom. The van der Waals surface area contributed by atoms with Crippen molar-refractivity contribution in [2.45, 2.75) is 32.9 Å². The second-order valence-electron chi connectivity index (χ2n) is 7.54. The molecule has 0 saturated carbocycles. The van der Waals surface area contributed by atoms with E-state index in [4.69, 9.17) is 4.74 Å². The maximum atomic E-state index is 12.2. The number of carbonyl (C=O) groups is 1. The molecule has 1 amide bonds. The Morgan fingerprint density at radius 3 is 2.52 bits per heavy atom. The summed E-state index contributed by atoms with van der Waals surface area (Å²) in [4.78, 5) is 22.7. The van der Waals surface area contributed by atoms with Crippen LogP contribution in [-0.2, 0) is 4.74 Å². The van der Waals surface area contributed by atoms with Gasteiger partial charge in [0.1, 0.15) is 12.4 Å². The summed E-state index contributed by atoms with van der Waals surface area (Å²) in [6.45, 7) is 6.58. The van der Waals surface area contributed by atoms with E-state index in [1.807, 2.05) is 24.5 Å². The number of rotatable bonds is 6. The van der Waals surface area contributed by atoms with Crippen LogP contribution in [0.15, 0.2) is 61.1 Å². The third-order valence-electron chi connectivity index (χ3n) is 5.20. The van der Waals surface area contributed by atoms with Gasteiger partial charge < -0.3 is 14.6 Å². The van der Waals surface area contributed by atoms with Crippen LogP contribution in [0.5, 0.6) is 0 Å². The fourth-order valence-electron chi connectivity index (χ4n) is 3.46. The number of hydrogen-bond donors (Lipinski definition) is 1. The van der Waals surface area contributed by atoms with Crippen LogP contribution in [0.3, 0.4) is 0 Å². The molecule has 29 heavy (non-hydrogen) atoms. The average molecular weight is 391 g/mol. The molecule has 1 fully saturated rings. The van der Waals surface area contributed by atoms with E-state index in [-0.39, 0.29) is 24.1 Å². The van der Waals surface area contributed by atoms with E-state index < -0.39 is 0 Å². The summed E-state index contributed by atoms with van der Waals surface area (Å²) in [5.41, 5.74) is 2.23. The van der Waals surface area contributed by atoms with Crippen LogP contribution in [0.2, 0.25) is 0 Å². The molecule has 3 aromatic rings. The molecule has 0 aliphatic carbocycles. The lowest BCUT2D eigenvalue weighted by Crippen LogP contribution is -2.37. The Hall–Kier alpha value is -3.35. The number of anilines is 2. The molecular formula is C22H25N5O2. The van der Waals surface area contributed by atoms with Crippen molar-refractivity contribution in [3.8, 4) is 5.69 Å². The van der Waals surface area contributed by atoms with E-state index in [1.165, 1.54) is 0 Å². The molecule has 150 valence electrons. The van der Waals surface area contributed by atoms with Crippen LogP contribution < -0.4 is 10.2 Å². The van der Waals surface area contributed by atoms with Crippen LogP contribution in [-0.4, -0.2) is 33.3 Å². The van der Waals surface area contributed by atoms with Gasteiger partial charge in [0.15, 0.2) is 0 Å². The van der Waals surface area contributed by atoms with Gasteiger partial charge in [-0.05, 0) is 48.7 Å². The summed E-state index contributed by atoms with van der Waals surface area (Å²) in [6, 6.07) is 14.1. The smallest absolute Gasteiger partial charge is 0.415 e. The molecule has 3 heterocycles. The van der Waals surface area contributed by atoms with E-state index in [1.54, 1.807) is 17.2 Å². The van der Waals surface area contributed by atoms with E-state index in [2.05, 4.69) is 64.9 Å². The molecule has 2 atom stereocenters. The van der Waals surface area contributed by atoms with E-state index in [0.717, 1.165) is 11.3 Å². The first kappa shape index (κ1) is 19.0. The first-order valence-corrected chi connectivity index (χ1v) is 9.82. The van der Waals surface area contributed by atoms with Gasteiger partial charge in [0.25, 0.3) is 0 Å². The molecule has 1 N–H and O–H groups in total. The van der Waals surface area contributed by atoms with E-state index >= 15 is 0 Å². The summed E-state index contributed by atoms with van der Waals surface area (Å²) in [5, 5.41) is 3.33. The van der Waals surface area contributed by atoms with Crippen LogP contribution >= 0.6 is 0 Å². The minimum Gasteiger partial charge on any atom is -0.447 e. The number of nitrogens with zero attached hydrogens (tertiary/aromatic N) is 4. The maximum absolute atomic E-state index is 12.2. The molecule has 1 aliphatic rings. The van der Waals surface area contributed by atoms with Crippen molar-refractivity contribution < 1.29 is 9.53 Å². The van der Waals surface area contributed by atoms with E-state index in [9.17, 15) is 4.79 Å². The molecule has 1 aliphatic heterocycles. The molecule has 0 radical (unpaired) electrons. The minimum atomic E-state index is -0.359. The molecule has 1 aromatic carbocycles. The summed E-state index contributed by atoms with van der Waals surface area (Å²) in [7, 11) is 0. The molecule has 0 bridgehead atoms. The number of nitrogens with one attached hydrogen (secondary N) is 1. The average Bonchev–Trinajstić information content (AvgIpc) is 3.38. The first-order valence-electron chi connectivity index (χ1n) is 9.82. The number of amides is 1. The number of benzene rings is 1. The lowest BCUT2D eigenvalue weighted by molar-refractivity contribution is 0.177. The molecule has 7 heteroatoms. The zero-order valence-corrected chi connectivity index (χ0v) is 16.8. The van der Waals surface area contributed by atoms with Crippen LogP contribution in [0.4, 0.5) is 16.6 Å². The Balaban J connectivity index is 1.50. The quantitative estimate of drug-likeness (QED) is 0.673. The van der Waals surface area contributed by atoms with Crippen molar-refractivity contribution in [3.63, 3.8) is 0 Å². The number of carbonyl (C=O) groups excluding carboxylic acids is 1. The summed E-state index contributed by atoms with van der Waals surface area (Å²) in [6.07, 6.45) is 5.34. The highest BCUT2D eigenvalue weighted by Gasteiger charge is 2.37. The molecule has 4 rings (SSSR count). The van der Waals surface area contributed by atoms with E-state index in [0.29, 0.717) is 18.4 Å². The van der Waals surface area contributed by atoms with Crippen molar-refractivity contribution in [2.75, 3.05) is 16.8 Å². The SMILES string of the molecule is CC(C)C1COC(=O)N1c1ccnc(N[C@@H](C)c2ccc(-n3cccc3)cc2)n1. The number of aromatic nitrogens is 3. The van der Waals surface area contributed by atoms with Crippen molar-refractivity contribution in [1.29, 1.82) is 0 Å². The number of ether oxygens (including phenoxy) is 1. The molecule has 7 nitrogen and oxygen atoms in total. The first-order chi connectivity index (χ1) is 14.0. The molecule has 1 saturated heterocycles. The Labute approximate surface area is 170 Å². The maximum Gasteiger partial charge on any atom is 0.415 e. The summed E-state index contributed by atoms with van der Waals surface area (Å²) in [5.74, 6) is 1.30. The predicted octanol–water partition coefficient (Wildman–Crippen LogP) is 4.42. The Kier molecular flexibility index (Phi) is 5.20. The largest absolute Gasteiger partial charge is 0.447 e. The predicted molar refractivity (Wildman–Crippen MR) is 112 cm³/mol. The van der Waals surface area contributed by atoms with Gasteiger partial charge in [-0.1, -0.05) is 26.0 Å². The highest BCUT2D eigenvalue weighted by Crippen LogP contribution is 2.26. The third-order valence-corrected chi connectivity index (χ3v) is 5.20. The summed E-state index contributed by atoms with van der Waals surface area (Å²) >= 11 is 0. The number of cyclic esters (lactones) is 1. The van der Waals surface area contributed by atoms with Gasteiger partial charge in [-0.2, -0.15) is 4.98 Å². The zero-order chi connectivity index (χ0) is 20.4. The zero-order valence-electron chi connectivity index (χ0n) is 16.8. The van der Waals surface area contributed by atoms with Crippen molar-refractivity contribution in [3.05, 3.63) is 66.6 Å². The van der Waals surface area contributed by atoms with Gasteiger partial charge >= 0.3 is 6.09 Å². The monoisotopic (exact) mass is 391 g/mol. The molecule has 1 unspecified atom stereocenters. The van der Waals surface area contributed by atoms with Crippen LogP contribution in [0.1, 0.15) is 32.4 Å². The van der Waals surface area contributed by atoms with Gasteiger partial charge in [0.05, 0.1) is 12.1 Å². The van der Waals surface area contributed by atoms with Crippen LogP contribution in [0.25, 0.3) is 5.69 Å². The normalized spacial score (nSPS) is 17.4. The second kappa shape index (κ2) is 7.95. The van der Waals surface area contributed by atoms with Gasteiger partial charge in [0, 0.05) is 24.3 Å². The highest BCUT2D eigenvalue weighted by molar-refractivity contribution is 5.89. The second-order valence-corrected chi connectivity index (χ2v) is 7.54. The number of hydrogen-bond acceptors (Lipinski definition) is 5. The highest BCUT2D eigenvalue weighted by atomic mass is 16.6. The Bertz CT molecular complexity index is 969. The van der Waals surface area contributed by atoms with Crippen LogP contribution in [0, 0.1) is 5.92 Å². The summed E-state index contributed by atoms with van der Waals surface area (Å²) < 4.78 is 7.29. The molecular weight excluding hydrogens is 366 g/mol. The van der Waals surface area contributed by atoms with Gasteiger partial charge in [-0.15, -0.1) is 0 Å².